The molecule has 1 atom stereocenters. The molecule has 0 bridgehead atoms. The maximum Gasteiger partial charge on any atom is 0.239 e. The van der Waals surface area contributed by atoms with E-state index in [1.165, 1.54) is 0 Å². The van der Waals surface area contributed by atoms with Gasteiger partial charge >= 0.3 is 0 Å². The molecule has 2 aliphatic carbocycles. The van der Waals surface area contributed by atoms with E-state index < -0.39 is 6.04 Å². The van der Waals surface area contributed by atoms with Gasteiger partial charge in [0, 0.05) is 33.8 Å². The molecule has 7 heteroatoms. The van der Waals surface area contributed by atoms with E-state index in [4.69, 9.17) is 23.2 Å². The molecule has 0 saturated heterocycles. The van der Waals surface area contributed by atoms with Crippen LogP contribution in [0.5, 0.6) is 0 Å². The minimum absolute atomic E-state index is 0.0468. The summed E-state index contributed by atoms with van der Waals surface area (Å²) in [4.78, 5) is 29.1. The minimum Gasteiger partial charge on any atom is -0.357 e. The van der Waals surface area contributed by atoms with Crippen LogP contribution in [0.3, 0.4) is 0 Å². The van der Waals surface area contributed by atoms with Gasteiger partial charge in [-0.15, -0.1) is 0 Å². The van der Waals surface area contributed by atoms with Crippen molar-refractivity contribution in [2.75, 3.05) is 16.8 Å². The molecule has 2 N–H and O–H groups in total. The fourth-order valence-corrected chi connectivity index (χ4v) is 6.28. The Morgan fingerprint density at radius 3 is 2.60 bits per heavy atom. The van der Waals surface area contributed by atoms with Crippen molar-refractivity contribution in [3.63, 3.8) is 0 Å². The number of hydrogen-bond donors (Lipinski definition) is 2. The highest BCUT2D eigenvalue weighted by molar-refractivity contribution is 6.35. The van der Waals surface area contributed by atoms with Crippen LogP contribution in [0.4, 0.5) is 11.4 Å². The third-order valence-electron chi connectivity index (χ3n) is 7.30. The Bertz CT molecular complexity index is 1200. The molecule has 1 saturated carbocycles. The van der Waals surface area contributed by atoms with Gasteiger partial charge in [0.1, 0.15) is 0 Å². The molecular weight excluding hydrogens is 481 g/mol. The second-order valence-electron chi connectivity index (χ2n) is 10.7. The lowest BCUT2D eigenvalue weighted by molar-refractivity contribution is -0.121. The number of anilines is 2. The molecule has 2 aromatic carbocycles. The van der Waals surface area contributed by atoms with Gasteiger partial charge in [0.25, 0.3) is 0 Å². The molecule has 3 aliphatic rings. The number of carbonyl (C=O) groups is 2. The quantitative estimate of drug-likeness (QED) is 0.481. The van der Waals surface area contributed by atoms with Crippen molar-refractivity contribution in [2.45, 2.75) is 64.5 Å². The highest BCUT2D eigenvalue weighted by Gasteiger charge is 2.42. The molecule has 1 amide bonds. The van der Waals surface area contributed by atoms with E-state index in [2.05, 4.69) is 24.5 Å². The first-order valence-corrected chi connectivity index (χ1v) is 13.1. The van der Waals surface area contributed by atoms with Crippen molar-refractivity contribution in [3.8, 4) is 0 Å². The number of nitrogens with zero attached hydrogens (tertiary/aromatic N) is 1. The molecule has 5 nitrogen and oxygen atoms in total. The first kappa shape index (κ1) is 24.2. The fraction of sp³-hybridized carbons (Fsp3) is 0.429. The molecule has 0 spiro atoms. The van der Waals surface area contributed by atoms with Crippen molar-refractivity contribution in [1.82, 2.24) is 5.32 Å². The van der Waals surface area contributed by atoms with Gasteiger partial charge in [-0.2, -0.15) is 0 Å². The van der Waals surface area contributed by atoms with Crippen LogP contribution in [-0.2, 0) is 9.59 Å². The van der Waals surface area contributed by atoms with Gasteiger partial charge in [-0.05, 0) is 54.5 Å². The molecule has 0 aromatic heterocycles. The summed E-state index contributed by atoms with van der Waals surface area (Å²) < 4.78 is 0. The second-order valence-corrected chi connectivity index (χ2v) is 11.6. The van der Waals surface area contributed by atoms with Crippen molar-refractivity contribution in [3.05, 3.63) is 69.3 Å². The predicted octanol–water partition coefficient (Wildman–Crippen LogP) is 6.67. The van der Waals surface area contributed by atoms with E-state index in [1.807, 2.05) is 35.2 Å². The number of allylic oxidation sites excluding steroid dienone is 1. The van der Waals surface area contributed by atoms with Gasteiger partial charge in [-0.25, -0.2) is 0 Å². The molecule has 1 aliphatic heterocycles. The van der Waals surface area contributed by atoms with Crippen LogP contribution in [0.15, 0.2) is 53.7 Å². The molecular formula is C28H31Cl2N3O2. The predicted molar refractivity (Wildman–Crippen MR) is 142 cm³/mol. The summed E-state index contributed by atoms with van der Waals surface area (Å²) in [5.74, 6) is 0.0307. The maximum atomic E-state index is 13.7. The highest BCUT2D eigenvalue weighted by Crippen LogP contribution is 2.49. The number of carbonyl (C=O) groups excluding carboxylic acids is 2. The molecule has 0 radical (unpaired) electrons. The van der Waals surface area contributed by atoms with Gasteiger partial charge < -0.3 is 15.5 Å². The van der Waals surface area contributed by atoms with Gasteiger partial charge in [-0.3, -0.25) is 9.59 Å². The number of hydrogen-bond acceptors (Lipinski definition) is 4. The number of para-hydroxylation sites is 2. The minimum atomic E-state index is -0.510. The van der Waals surface area contributed by atoms with Crippen LogP contribution in [0.1, 0.15) is 64.0 Å². The lowest BCUT2D eigenvalue weighted by Crippen LogP contribution is -2.44. The summed E-state index contributed by atoms with van der Waals surface area (Å²) in [7, 11) is 0. The van der Waals surface area contributed by atoms with Crippen molar-refractivity contribution in [1.29, 1.82) is 0 Å². The van der Waals surface area contributed by atoms with E-state index in [9.17, 15) is 9.59 Å². The molecule has 35 heavy (non-hydrogen) atoms. The SMILES string of the molecule is CC1(C)CC(=O)C2=C(C1)Nc1ccccc1N(CC(=O)NC1CCCC1)C2c1ccc(Cl)cc1Cl. The van der Waals surface area contributed by atoms with Crippen LogP contribution in [-0.4, -0.2) is 24.3 Å². The van der Waals surface area contributed by atoms with Gasteiger partial charge in [0.2, 0.25) is 5.91 Å². The number of nitrogens with one attached hydrogen (secondary N) is 2. The largest absolute Gasteiger partial charge is 0.357 e. The Labute approximate surface area is 216 Å². The Hall–Kier alpha value is -2.50. The van der Waals surface area contributed by atoms with Crippen molar-refractivity contribution < 1.29 is 9.59 Å². The van der Waals surface area contributed by atoms with E-state index in [1.54, 1.807) is 12.1 Å². The fourth-order valence-electron chi connectivity index (χ4n) is 5.77. The van der Waals surface area contributed by atoms with E-state index in [0.29, 0.717) is 22.0 Å². The summed E-state index contributed by atoms with van der Waals surface area (Å²) in [6, 6.07) is 13.0. The van der Waals surface area contributed by atoms with Crippen LogP contribution < -0.4 is 15.5 Å². The third kappa shape index (κ3) is 4.94. The van der Waals surface area contributed by atoms with Crippen molar-refractivity contribution in [2.24, 2.45) is 5.41 Å². The smallest absolute Gasteiger partial charge is 0.239 e. The van der Waals surface area contributed by atoms with E-state index in [-0.39, 0.29) is 29.7 Å². The number of benzene rings is 2. The normalized spacial score (nSPS) is 21.8. The Balaban J connectivity index is 1.66. The summed E-state index contributed by atoms with van der Waals surface area (Å²) >= 11 is 13.0. The highest BCUT2D eigenvalue weighted by atomic mass is 35.5. The molecule has 184 valence electrons. The average molecular weight is 512 g/mol. The van der Waals surface area contributed by atoms with E-state index in [0.717, 1.165) is 54.7 Å². The summed E-state index contributed by atoms with van der Waals surface area (Å²) in [5.41, 5.74) is 3.92. The monoisotopic (exact) mass is 511 g/mol. The summed E-state index contributed by atoms with van der Waals surface area (Å²) in [5, 5.41) is 7.79. The average Bonchev–Trinajstić information content (AvgIpc) is 3.24. The van der Waals surface area contributed by atoms with Crippen LogP contribution >= 0.6 is 23.2 Å². The van der Waals surface area contributed by atoms with Gasteiger partial charge in [-0.1, -0.05) is 68.1 Å². The molecule has 1 unspecified atom stereocenters. The van der Waals surface area contributed by atoms with Crippen LogP contribution in [0.25, 0.3) is 0 Å². The molecule has 5 rings (SSSR count). The Morgan fingerprint density at radius 2 is 1.86 bits per heavy atom. The lowest BCUT2D eigenvalue weighted by atomic mass is 9.73. The number of fused-ring (bicyclic) bond motifs is 1. The lowest BCUT2D eigenvalue weighted by Gasteiger charge is -2.38. The summed E-state index contributed by atoms with van der Waals surface area (Å²) in [6.07, 6.45) is 5.48. The van der Waals surface area contributed by atoms with Crippen LogP contribution in [0, 0.1) is 5.41 Å². The van der Waals surface area contributed by atoms with Crippen LogP contribution in [0.2, 0.25) is 10.0 Å². The summed E-state index contributed by atoms with van der Waals surface area (Å²) in [6.45, 7) is 4.35. The number of rotatable bonds is 4. The number of ketones is 1. The first-order chi connectivity index (χ1) is 16.7. The Kier molecular flexibility index (Phi) is 6.58. The zero-order valence-electron chi connectivity index (χ0n) is 20.2. The number of Topliss-reactive ketones (excluding diaryl/α,β-unsaturated/α-hetero) is 1. The third-order valence-corrected chi connectivity index (χ3v) is 7.86. The molecule has 1 heterocycles. The Morgan fingerprint density at radius 1 is 1.11 bits per heavy atom. The second kappa shape index (κ2) is 9.51. The standard InChI is InChI=1S/C28H31Cl2N3O2/c1-28(2)14-22-26(24(34)15-28)27(19-12-11-17(29)13-20(19)30)33(23-10-6-5-9-21(23)32-22)16-25(35)31-18-7-3-4-8-18/h5-6,9-13,18,27,32H,3-4,7-8,14-16H2,1-2H3,(H,31,35). The zero-order chi connectivity index (χ0) is 24.7. The zero-order valence-corrected chi connectivity index (χ0v) is 21.7. The van der Waals surface area contributed by atoms with Gasteiger partial charge in [0.05, 0.1) is 24.0 Å². The number of halogens is 2. The number of amides is 1. The van der Waals surface area contributed by atoms with E-state index >= 15 is 0 Å². The maximum absolute atomic E-state index is 13.7. The first-order valence-electron chi connectivity index (χ1n) is 12.3. The van der Waals surface area contributed by atoms with Crippen molar-refractivity contribution >= 4 is 46.3 Å². The van der Waals surface area contributed by atoms with Gasteiger partial charge in [0.15, 0.2) is 5.78 Å². The molecule has 1 fully saturated rings. The topological polar surface area (TPSA) is 61.4 Å². The molecule has 2 aromatic rings.